The zero-order chi connectivity index (χ0) is 13.2. The van der Waals surface area contributed by atoms with Crippen LogP contribution in [0.25, 0.3) is 11.1 Å². The third-order valence-corrected chi connectivity index (χ3v) is 2.47. The highest BCUT2D eigenvalue weighted by atomic mass is 35.5. The van der Waals surface area contributed by atoms with Crippen LogP contribution in [-0.2, 0) is 0 Å². The Morgan fingerprint density at radius 1 is 1.17 bits per heavy atom. The van der Waals surface area contributed by atoms with Gasteiger partial charge in [0.15, 0.2) is 0 Å². The van der Waals surface area contributed by atoms with Crippen molar-refractivity contribution >= 4 is 11.6 Å². The zero-order valence-corrected chi connectivity index (χ0v) is 9.66. The van der Waals surface area contributed by atoms with E-state index in [-0.39, 0.29) is 5.75 Å². The predicted octanol–water partition coefficient (Wildman–Crippen LogP) is 4.30. The van der Waals surface area contributed by atoms with Gasteiger partial charge in [0.25, 0.3) is 0 Å². The second-order valence-corrected chi connectivity index (χ2v) is 3.84. The van der Waals surface area contributed by atoms with Crippen molar-refractivity contribution in [3.63, 3.8) is 0 Å². The highest BCUT2D eigenvalue weighted by Gasteiger charge is 2.31. The molecule has 0 N–H and O–H groups in total. The van der Waals surface area contributed by atoms with Crippen molar-refractivity contribution in [1.29, 1.82) is 0 Å². The number of aromatic nitrogens is 1. The van der Waals surface area contributed by atoms with Crippen LogP contribution < -0.4 is 4.74 Å². The maximum Gasteiger partial charge on any atom is 0.573 e. The van der Waals surface area contributed by atoms with Crippen molar-refractivity contribution in [3.8, 4) is 16.9 Å². The summed E-state index contributed by atoms with van der Waals surface area (Å²) in [6.07, 6.45) is -1.65. The van der Waals surface area contributed by atoms with Crippen LogP contribution in [0.1, 0.15) is 0 Å². The Bertz CT molecular complexity index is 543. The van der Waals surface area contributed by atoms with Crippen molar-refractivity contribution < 1.29 is 17.9 Å². The van der Waals surface area contributed by atoms with E-state index < -0.39 is 6.36 Å². The van der Waals surface area contributed by atoms with Crippen LogP contribution in [0.3, 0.4) is 0 Å². The van der Waals surface area contributed by atoms with Crippen molar-refractivity contribution in [3.05, 3.63) is 47.7 Å². The minimum absolute atomic E-state index is 0.314. The fourth-order valence-electron chi connectivity index (χ4n) is 1.44. The Morgan fingerprint density at radius 3 is 2.56 bits per heavy atom. The van der Waals surface area contributed by atoms with E-state index >= 15 is 0 Å². The molecule has 0 aliphatic carbocycles. The molecule has 2 nitrogen and oxygen atoms in total. The minimum atomic E-state index is -4.72. The summed E-state index contributed by atoms with van der Waals surface area (Å²) in [7, 11) is 0. The molecule has 0 unspecified atom stereocenters. The molecule has 0 atom stereocenters. The van der Waals surface area contributed by atoms with Gasteiger partial charge < -0.3 is 4.74 Å². The molecule has 94 valence electrons. The number of pyridine rings is 1. The molecule has 0 saturated carbocycles. The van der Waals surface area contributed by atoms with Gasteiger partial charge in [-0.1, -0.05) is 17.7 Å². The standard InChI is InChI=1S/C12H7ClF3NO/c13-11-4-3-9(18-12(14,15)16)6-10(11)8-2-1-5-17-7-8/h1-7H. The van der Waals surface area contributed by atoms with Gasteiger partial charge in [0, 0.05) is 28.5 Å². The topological polar surface area (TPSA) is 22.1 Å². The highest BCUT2D eigenvalue weighted by Crippen LogP contribution is 2.33. The van der Waals surface area contributed by atoms with E-state index in [1.165, 1.54) is 18.3 Å². The number of hydrogen-bond acceptors (Lipinski definition) is 2. The van der Waals surface area contributed by atoms with Crippen LogP contribution in [0, 0.1) is 0 Å². The zero-order valence-electron chi connectivity index (χ0n) is 8.91. The van der Waals surface area contributed by atoms with Gasteiger partial charge in [-0.15, -0.1) is 13.2 Å². The van der Waals surface area contributed by atoms with Gasteiger partial charge in [-0.25, -0.2) is 0 Å². The third-order valence-electron chi connectivity index (χ3n) is 2.14. The number of benzene rings is 1. The van der Waals surface area contributed by atoms with Crippen LogP contribution in [0.5, 0.6) is 5.75 Å². The monoisotopic (exact) mass is 273 g/mol. The molecule has 2 rings (SSSR count). The average Bonchev–Trinajstić information content (AvgIpc) is 2.31. The fraction of sp³-hybridized carbons (Fsp3) is 0.0833. The SMILES string of the molecule is FC(F)(F)Oc1ccc(Cl)c(-c2cccnc2)c1. The maximum atomic E-state index is 12.1. The second kappa shape index (κ2) is 4.86. The summed E-state index contributed by atoms with van der Waals surface area (Å²) in [5.74, 6) is -0.314. The van der Waals surface area contributed by atoms with Crippen LogP contribution in [0.4, 0.5) is 13.2 Å². The van der Waals surface area contributed by atoms with E-state index in [1.54, 1.807) is 18.3 Å². The Balaban J connectivity index is 2.39. The Kier molecular flexibility index (Phi) is 3.43. The average molecular weight is 274 g/mol. The van der Waals surface area contributed by atoms with Gasteiger partial charge in [-0.2, -0.15) is 0 Å². The smallest absolute Gasteiger partial charge is 0.406 e. The molecule has 1 aromatic carbocycles. The first-order chi connectivity index (χ1) is 8.46. The highest BCUT2D eigenvalue weighted by molar-refractivity contribution is 6.33. The summed E-state index contributed by atoms with van der Waals surface area (Å²) in [6, 6.07) is 7.11. The molecule has 0 amide bonds. The first-order valence-corrected chi connectivity index (χ1v) is 5.29. The Hall–Kier alpha value is -1.75. The lowest BCUT2D eigenvalue weighted by Gasteiger charge is -2.11. The van der Waals surface area contributed by atoms with Crippen molar-refractivity contribution in [2.75, 3.05) is 0 Å². The second-order valence-electron chi connectivity index (χ2n) is 3.43. The molecule has 6 heteroatoms. The van der Waals surface area contributed by atoms with Gasteiger partial charge in [0.1, 0.15) is 5.75 Å². The number of alkyl halides is 3. The molecule has 0 spiro atoms. The Labute approximate surface area is 106 Å². The molecular formula is C12H7ClF3NO. The molecule has 0 aliphatic rings. The summed E-state index contributed by atoms with van der Waals surface area (Å²) in [6.45, 7) is 0. The molecule has 0 radical (unpaired) electrons. The molecule has 0 fully saturated rings. The van der Waals surface area contributed by atoms with E-state index in [9.17, 15) is 13.2 Å². The van der Waals surface area contributed by atoms with Gasteiger partial charge in [-0.05, 0) is 24.3 Å². The lowest BCUT2D eigenvalue weighted by molar-refractivity contribution is -0.274. The normalized spacial score (nSPS) is 11.3. The lowest BCUT2D eigenvalue weighted by atomic mass is 10.1. The molecule has 1 aromatic heterocycles. The van der Waals surface area contributed by atoms with Gasteiger partial charge in [-0.3, -0.25) is 4.98 Å². The summed E-state index contributed by atoms with van der Waals surface area (Å²) >= 11 is 5.94. The van der Waals surface area contributed by atoms with Crippen LogP contribution in [-0.4, -0.2) is 11.3 Å². The summed E-state index contributed by atoms with van der Waals surface area (Å²) in [4.78, 5) is 3.88. The summed E-state index contributed by atoms with van der Waals surface area (Å²) in [5.41, 5.74) is 1.06. The van der Waals surface area contributed by atoms with Gasteiger partial charge >= 0.3 is 6.36 Å². The molecule has 0 bridgehead atoms. The van der Waals surface area contributed by atoms with Crippen molar-refractivity contribution in [1.82, 2.24) is 4.98 Å². The molecule has 18 heavy (non-hydrogen) atoms. The summed E-state index contributed by atoms with van der Waals surface area (Å²) < 4.78 is 40.2. The van der Waals surface area contributed by atoms with Crippen LogP contribution in [0.15, 0.2) is 42.7 Å². The fourth-order valence-corrected chi connectivity index (χ4v) is 1.67. The summed E-state index contributed by atoms with van der Waals surface area (Å²) in [5, 5.41) is 0.331. The number of nitrogens with zero attached hydrogens (tertiary/aromatic N) is 1. The van der Waals surface area contributed by atoms with E-state index in [1.807, 2.05) is 0 Å². The van der Waals surface area contributed by atoms with E-state index in [0.717, 1.165) is 6.07 Å². The van der Waals surface area contributed by atoms with Crippen molar-refractivity contribution in [2.24, 2.45) is 0 Å². The quantitative estimate of drug-likeness (QED) is 0.814. The lowest BCUT2D eigenvalue weighted by Crippen LogP contribution is -2.17. The largest absolute Gasteiger partial charge is 0.573 e. The molecule has 0 saturated heterocycles. The van der Waals surface area contributed by atoms with Gasteiger partial charge in [0.05, 0.1) is 0 Å². The minimum Gasteiger partial charge on any atom is -0.406 e. The predicted molar refractivity (Wildman–Crippen MR) is 61.4 cm³/mol. The van der Waals surface area contributed by atoms with Crippen molar-refractivity contribution in [2.45, 2.75) is 6.36 Å². The van der Waals surface area contributed by atoms with E-state index in [2.05, 4.69) is 9.72 Å². The first-order valence-electron chi connectivity index (χ1n) is 4.91. The number of hydrogen-bond donors (Lipinski definition) is 0. The third kappa shape index (κ3) is 3.13. The number of rotatable bonds is 2. The number of halogens is 4. The van der Waals surface area contributed by atoms with E-state index in [0.29, 0.717) is 16.1 Å². The molecule has 0 aliphatic heterocycles. The Morgan fingerprint density at radius 2 is 1.94 bits per heavy atom. The molecule has 2 aromatic rings. The van der Waals surface area contributed by atoms with Crippen LogP contribution >= 0.6 is 11.6 Å². The van der Waals surface area contributed by atoms with E-state index in [4.69, 9.17) is 11.6 Å². The van der Waals surface area contributed by atoms with Crippen LogP contribution in [0.2, 0.25) is 5.02 Å². The van der Waals surface area contributed by atoms with Gasteiger partial charge in [0.2, 0.25) is 0 Å². The maximum absolute atomic E-state index is 12.1. The number of ether oxygens (including phenoxy) is 1. The molecular weight excluding hydrogens is 267 g/mol. The molecule has 1 heterocycles. The first kappa shape index (κ1) is 12.7.